The van der Waals surface area contributed by atoms with E-state index in [1.807, 2.05) is 13.0 Å². The SMILES string of the molecule is C[C@H]1CCc2cc(F)cc(-c3ccc(F)cc3C#N)c2O1. The number of rotatable bonds is 1. The Bertz CT molecular complexity index is 749. The molecule has 2 aromatic rings. The van der Waals surface area contributed by atoms with E-state index in [0.29, 0.717) is 16.9 Å². The molecule has 1 atom stereocenters. The van der Waals surface area contributed by atoms with E-state index in [-0.39, 0.29) is 17.5 Å². The van der Waals surface area contributed by atoms with Crippen LogP contribution in [0.1, 0.15) is 24.5 Å². The van der Waals surface area contributed by atoms with Crippen LogP contribution in [0.4, 0.5) is 8.78 Å². The summed E-state index contributed by atoms with van der Waals surface area (Å²) in [6, 6.07) is 8.66. The quantitative estimate of drug-likeness (QED) is 0.786. The van der Waals surface area contributed by atoms with Crippen LogP contribution in [0.15, 0.2) is 30.3 Å². The molecule has 1 aliphatic heterocycles. The maximum atomic E-state index is 13.8. The molecule has 2 aromatic carbocycles. The van der Waals surface area contributed by atoms with Crippen LogP contribution in [0.25, 0.3) is 11.1 Å². The lowest BCUT2D eigenvalue weighted by Gasteiger charge is -2.26. The molecule has 2 nitrogen and oxygen atoms in total. The molecule has 0 aromatic heterocycles. The standard InChI is InChI=1S/C17H13F2NO/c1-10-2-3-11-6-14(19)8-16(17(11)21-10)15-5-4-13(18)7-12(15)9-20/h4-8,10H,2-3H2,1H3/t10-/m0/s1. The summed E-state index contributed by atoms with van der Waals surface area (Å²) in [5.74, 6) is -0.275. The first kappa shape index (κ1) is 13.6. The molecule has 0 N–H and O–H groups in total. The normalized spacial score (nSPS) is 16.8. The highest BCUT2D eigenvalue weighted by molar-refractivity contribution is 5.77. The monoisotopic (exact) mass is 285 g/mol. The zero-order chi connectivity index (χ0) is 15.0. The topological polar surface area (TPSA) is 33.0 Å². The van der Waals surface area contributed by atoms with Crippen molar-refractivity contribution >= 4 is 0 Å². The Kier molecular flexibility index (Phi) is 3.34. The lowest BCUT2D eigenvalue weighted by atomic mass is 9.93. The summed E-state index contributed by atoms with van der Waals surface area (Å²) < 4.78 is 32.9. The Morgan fingerprint density at radius 2 is 1.95 bits per heavy atom. The third-order valence-corrected chi connectivity index (χ3v) is 3.66. The first-order valence-electron chi connectivity index (χ1n) is 6.77. The van der Waals surface area contributed by atoms with Gasteiger partial charge in [0.2, 0.25) is 0 Å². The van der Waals surface area contributed by atoms with Crippen molar-refractivity contribution in [2.24, 2.45) is 0 Å². The zero-order valence-corrected chi connectivity index (χ0v) is 11.5. The summed E-state index contributed by atoms with van der Waals surface area (Å²) in [6.45, 7) is 1.95. The summed E-state index contributed by atoms with van der Waals surface area (Å²) in [4.78, 5) is 0. The molecule has 4 heteroatoms. The third-order valence-electron chi connectivity index (χ3n) is 3.66. The number of aryl methyl sites for hydroxylation is 1. The Morgan fingerprint density at radius 3 is 2.71 bits per heavy atom. The van der Waals surface area contributed by atoms with E-state index in [9.17, 15) is 14.0 Å². The van der Waals surface area contributed by atoms with Crippen LogP contribution in [-0.2, 0) is 6.42 Å². The summed E-state index contributed by atoms with van der Waals surface area (Å²) in [6.07, 6.45) is 1.59. The molecule has 1 aliphatic rings. The highest BCUT2D eigenvalue weighted by atomic mass is 19.1. The van der Waals surface area contributed by atoms with Crippen LogP contribution < -0.4 is 4.74 Å². The minimum atomic E-state index is -0.491. The molecule has 0 radical (unpaired) electrons. The largest absolute Gasteiger partial charge is 0.490 e. The molecule has 0 amide bonds. The number of halogens is 2. The molecule has 0 fully saturated rings. The van der Waals surface area contributed by atoms with E-state index in [1.54, 1.807) is 0 Å². The van der Waals surface area contributed by atoms with Gasteiger partial charge in [-0.25, -0.2) is 8.78 Å². The van der Waals surface area contributed by atoms with Gasteiger partial charge < -0.3 is 4.74 Å². The summed E-state index contributed by atoms with van der Waals surface area (Å²) >= 11 is 0. The van der Waals surface area contributed by atoms with E-state index >= 15 is 0 Å². The lowest BCUT2D eigenvalue weighted by Crippen LogP contribution is -2.19. The highest BCUT2D eigenvalue weighted by Crippen LogP contribution is 2.39. The minimum Gasteiger partial charge on any atom is -0.490 e. The second kappa shape index (κ2) is 5.17. The van der Waals surface area contributed by atoms with Crippen LogP contribution in [0.5, 0.6) is 5.75 Å². The molecule has 0 spiro atoms. The van der Waals surface area contributed by atoms with Crippen molar-refractivity contribution < 1.29 is 13.5 Å². The predicted octanol–water partition coefficient (Wildman–Crippen LogP) is 4.22. The van der Waals surface area contributed by atoms with Crippen LogP contribution in [0.2, 0.25) is 0 Å². The first-order valence-corrected chi connectivity index (χ1v) is 6.77. The average Bonchev–Trinajstić information content (AvgIpc) is 2.47. The molecule has 0 saturated heterocycles. The first-order chi connectivity index (χ1) is 10.1. The van der Waals surface area contributed by atoms with E-state index in [0.717, 1.165) is 24.5 Å². The number of fused-ring (bicyclic) bond motifs is 1. The van der Waals surface area contributed by atoms with E-state index in [1.165, 1.54) is 24.3 Å². The number of ether oxygens (including phenoxy) is 1. The summed E-state index contributed by atoms with van der Waals surface area (Å²) in [7, 11) is 0. The van der Waals surface area contributed by atoms with Gasteiger partial charge in [0.25, 0.3) is 0 Å². The zero-order valence-electron chi connectivity index (χ0n) is 11.5. The Balaban J connectivity index is 2.24. The Hall–Kier alpha value is -2.41. The average molecular weight is 285 g/mol. The van der Waals surface area contributed by atoms with Gasteiger partial charge in [-0.15, -0.1) is 0 Å². The van der Waals surface area contributed by atoms with Crippen molar-refractivity contribution in [2.75, 3.05) is 0 Å². The number of benzene rings is 2. The van der Waals surface area contributed by atoms with Crippen LogP contribution in [0.3, 0.4) is 0 Å². The van der Waals surface area contributed by atoms with Gasteiger partial charge in [-0.05, 0) is 49.6 Å². The van der Waals surface area contributed by atoms with Crippen molar-refractivity contribution in [3.8, 4) is 22.9 Å². The number of nitrogens with zero attached hydrogens (tertiary/aromatic N) is 1. The van der Waals surface area contributed by atoms with Crippen LogP contribution in [-0.4, -0.2) is 6.10 Å². The van der Waals surface area contributed by atoms with Gasteiger partial charge in [-0.1, -0.05) is 6.07 Å². The van der Waals surface area contributed by atoms with Gasteiger partial charge in [0.1, 0.15) is 17.4 Å². The van der Waals surface area contributed by atoms with Crippen LogP contribution in [0, 0.1) is 23.0 Å². The highest BCUT2D eigenvalue weighted by Gasteiger charge is 2.22. The van der Waals surface area contributed by atoms with Gasteiger partial charge in [-0.3, -0.25) is 0 Å². The lowest BCUT2D eigenvalue weighted by molar-refractivity contribution is 0.193. The Morgan fingerprint density at radius 1 is 1.14 bits per heavy atom. The molecule has 0 saturated carbocycles. The molecular weight excluding hydrogens is 272 g/mol. The summed E-state index contributed by atoms with van der Waals surface area (Å²) in [5.41, 5.74) is 1.96. The molecule has 106 valence electrons. The molecule has 21 heavy (non-hydrogen) atoms. The van der Waals surface area contributed by atoms with Crippen molar-refractivity contribution in [3.63, 3.8) is 0 Å². The van der Waals surface area contributed by atoms with Gasteiger partial charge in [-0.2, -0.15) is 5.26 Å². The molecular formula is C17H13F2NO. The van der Waals surface area contributed by atoms with Gasteiger partial charge >= 0.3 is 0 Å². The van der Waals surface area contributed by atoms with Crippen molar-refractivity contribution in [2.45, 2.75) is 25.9 Å². The van der Waals surface area contributed by atoms with Crippen molar-refractivity contribution in [1.29, 1.82) is 5.26 Å². The fraction of sp³-hybridized carbons (Fsp3) is 0.235. The maximum Gasteiger partial charge on any atom is 0.130 e. The number of nitriles is 1. The van der Waals surface area contributed by atoms with Gasteiger partial charge in [0, 0.05) is 11.1 Å². The van der Waals surface area contributed by atoms with Gasteiger partial charge in [0.05, 0.1) is 17.7 Å². The molecule has 3 rings (SSSR count). The van der Waals surface area contributed by atoms with E-state index < -0.39 is 5.82 Å². The van der Waals surface area contributed by atoms with Gasteiger partial charge in [0.15, 0.2) is 0 Å². The number of hydrogen-bond donors (Lipinski definition) is 0. The fourth-order valence-corrected chi connectivity index (χ4v) is 2.64. The predicted molar refractivity (Wildman–Crippen MR) is 74.9 cm³/mol. The van der Waals surface area contributed by atoms with E-state index in [2.05, 4.69) is 0 Å². The molecule has 0 aliphatic carbocycles. The van der Waals surface area contributed by atoms with Crippen molar-refractivity contribution in [3.05, 3.63) is 53.1 Å². The number of hydrogen-bond acceptors (Lipinski definition) is 2. The fourth-order valence-electron chi connectivity index (χ4n) is 2.64. The minimum absolute atomic E-state index is 0.0349. The third kappa shape index (κ3) is 2.47. The van der Waals surface area contributed by atoms with Crippen molar-refractivity contribution in [1.82, 2.24) is 0 Å². The molecule has 1 heterocycles. The Labute approximate surface area is 121 Å². The second-order valence-corrected chi connectivity index (χ2v) is 5.21. The van der Waals surface area contributed by atoms with E-state index in [4.69, 9.17) is 4.74 Å². The molecule has 0 unspecified atom stereocenters. The second-order valence-electron chi connectivity index (χ2n) is 5.21. The summed E-state index contributed by atoms with van der Waals surface area (Å²) in [5, 5.41) is 9.18. The van der Waals surface area contributed by atoms with Crippen LogP contribution >= 0.6 is 0 Å². The molecule has 0 bridgehead atoms. The maximum absolute atomic E-state index is 13.8. The smallest absolute Gasteiger partial charge is 0.130 e.